The summed E-state index contributed by atoms with van der Waals surface area (Å²) in [7, 11) is -2.35. The minimum atomic E-state index is -3.56. The summed E-state index contributed by atoms with van der Waals surface area (Å²) in [6.07, 6.45) is 0. The van der Waals surface area contributed by atoms with Gasteiger partial charge < -0.3 is 12.1 Å². The summed E-state index contributed by atoms with van der Waals surface area (Å²) in [6.45, 7) is 0. The summed E-state index contributed by atoms with van der Waals surface area (Å²) >= 11 is 11.3. The van der Waals surface area contributed by atoms with Gasteiger partial charge in [-0.2, -0.15) is 7.05 Å². The third-order valence-electron chi connectivity index (χ3n) is 1.43. The van der Waals surface area contributed by atoms with Gasteiger partial charge in [0.15, 0.2) is 0 Å². The van der Waals surface area contributed by atoms with Crippen molar-refractivity contribution in [3.8, 4) is 0 Å². The molecular weight excluding hydrogens is 334 g/mol. The summed E-state index contributed by atoms with van der Waals surface area (Å²) in [5.41, 5.74) is 0. The fraction of sp³-hybridized carbons (Fsp3) is 0.125. The number of halogens is 2. The van der Waals surface area contributed by atoms with Crippen molar-refractivity contribution in [3.63, 3.8) is 0 Å². The number of benzene rings is 1. The van der Waals surface area contributed by atoms with Crippen LogP contribution in [-0.4, -0.2) is 15.5 Å². The maximum Gasteiger partial charge on any atom is 0.101 e. The predicted octanol–water partition coefficient (Wildman–Crippen LogP) is 3.13. The largest absolute Gasteiger partial charge is 0.547 e. The Bertz CT molecular complexity index is 423. The van der Waals surface area contributed by atoms with Gasteiger partial charge >= 0.3 is 0 Å². The van der Waals surface area contributed by atoms with Crippen LogP contribution >= 0.6 is 23.2 Å². The Morgan fingerprint density at radius 2 is 1.73 bits per heavy atom. The Hall–Kier alpha value is 0.814. The minimum Gasteiger partial charge on any atom is -0.547 e. The first kappa shape index (κ1) is 18.2. The van der Waals surface area contributed by atoms with E-state index in [9.17, 15) is 8.42 Å². The van der Waals surface area contributed by atoms with Crippen molar-refractivity contribution in [2.45, 2.75) is 4.90 Å². The molecule has 3 nitrogen and oxygen atoms in total. The van der Waals surface area contributed by atoms with Gasteiger partial charge in [0.25, 0.3) is 0 Å². The molecule has 0 N–H and O–H groups in total. The summed E-state index contributed by atoms with van der Waals surface area (Å²) in [5, 5.41) is 0.517. The molecule has 0 aliphatic carbocycles. The second kappa shape index (κ2) is 7.20. The van der Waals surface area contributed by atoms with Crippen LogP contribution < -0.4 is 0 Å². The molecule has 1 rings (SSSR count). The van der Waals surface area contributed by atoms with Gasteiger partial charge in [-0.1, -0.05) is 23.2 Å². The minimum absolute atomic E-state index is 0. The molecule has 0 saturated heterocycles. The van der Waals surface area contributed by atoms with Gasteiger partial charge in [-0.15, -0.1) is 0 Å². The van der Waals surface area contributed by atoms with Crippen molar-refractivity contribution in [1.29, 1.82) is 0 Å². The van der Waals surface area contributed by atoms with Crippen LogP contribution in [0.25, 0.3) is 4.72 Å². The van der Waals surface area contributed by atoms with E-state index in [2.05, 4.69) is 4.72 Å². The zero-order valence-corrected chi connectivity index (χ0v) is 13.4. The van der Waals surface area contributed by atoms with Gasteiger partial charge in [0, 0.05) is 37.6 Å². The molecule has 1 aromatic rings. The fourth-order valence-corrected chi connectivity index (χ4v) is 1.82. The summed E-state index contributed by atoms with van der Waals surface area (Å²) in [6, 6.07) is 4.05. The molecule has 0 unspecified atom stereocenters. The van der Waals surface area contributed by atoms with Crippen molar-refractivity contribution in [2.24, 2.45) is 0 Å². The number of nitrogens with zero attached hydrogens (tertiary/aromatic N) is 1. The number of rotatable bonds is 2. The molecule has 0 amide bonds. The van der Waals surface area contributed by atoms with E-state index in [0.29, 0.717) is 5.02 Å². The van der Waals surface area contributed by atoms with E-state index in [0.717, 1.165) is 0 Å². The van der Waals surface area contributed by atoms with Gasteiger partial charge in [-0.3, -0.25) is 0 Å². The first-order valence-electron chi connectivity index (χ1n) is 3.28. The van der Waals surface area contributed by atoms with E-state index >= 15 is 0 Å². The molecule has 1 radical (unpaired) electrons. The predicted molar refractivity (Wildman–Crippen MR) is 59.3 cm³/mol. The van der Waals surface area contributed by atoms with Gasteiger partial charge in [0.1, 0.15) is 10.0 Å². The maximum absolute atomic E-state index is 11.2. The first-order valence-corrected chi connectivity index (χ1v) is 5.48. The molecule has 0 fully saturated rings. The SMILES string of the molecule is C[N-]S(=O)(=O)c1ccc(Cl)c(Cl)c1.[CH3-].[Y]. The Kier molecular flexibility index (Phi) is 8.73. The maximum atomic E-state index is 11.2. The normalized spacial score (nSPS) is 10.1. The van der Waals surface area contributed by atoms with Crippen LogP contribution in [0.2, 0.25) is 10.0 Å². The molecule has 0 heterocycles. The van der Waals surface area contributed by atoms with Crippen molar-refractivity contribution in [2.75, 3.05) is 7.05 Å². The first-order chi connectivity index (χ1) is 5.97. The van der Waals surface area contributed by atoms with E-state index in [1.807, 2.05) is 0 Å². The third-order valence-corrected chi connectivity index (χ3v) is 3.50. The van der Waals surface area contributed by atoms with Gasteiger partial charge in [0.05, 0.1) is 10.0 Å². The van der Waals surface area contributed by atoms with Crippen LogP contribution in [0.5, 0.6) is 0 Å². The number of hydrogen-bond acceptors (Lipinski definition) is 2. The molecule has 0 atom stereocenters. The molecular formula is C8H9Cl2NO2SY-2. The topological polar surface area (TPSA) is 48.2 Å². The Labute approximate surface area is 125 Å². The third kappa shape index (κ3) is 4.67. The second-order valence-corrected chi connectivity index (χ2v) is 4.83. The number of hydrogen-bond donors (Lipinski definition) is 0. The zero-order chi connectivity index (χ0) is 10.1. The molecule has 0 aliphatic rings. The van der Waals surface area contributed by atoms with Gasteiger partial charge in [0.2, 0.25) is 0 Å². The van der Waals surface area contributed by atoms with Crippen molar-refractivity contribution in [3.05, 3.63) is 40.4 Å². The molecule has 83 valence electrons. The smallest absolute Gasteiger partial charge is 0.101 e. The average Bonchev–Trinajstić information content (AvgIpc) is 2.09. The van der Waals surface area contributed by atoms with Crippen LogP contribution in [0.3, 0.4) is 0 Å². The van der Waals surface area contributed by atoms with Crippen molar-refractivity contribution in [1.82, 2.24) is 0 Å². The average molecular weight is 343 g/mol. The van der Waals surface area contributed by atoms with E-state index < -0.39 is 10.0 Å². The molecule has 1 aromatic carbocycles. The van der Waals surface area contributed by atoms with E-state index in [1.165, 1.54) is 25.2 Å². The molecule has 0 aromatic heterocycles. The van der Waals surface area contributed by atoms with Crippen molar-refractivity contribution >= 4 is 33.2 Å². The van der Waals surface area contributed by atoms with Gasteiger partial charge in [-0.05, 0) is 18.2 Å². The van der Waals surface area contributed by atoms with Crippen LogP contribution in [-0.2, 0) is 42.7 Å². The Balaban J connectivity index is 0. The van der Waals surface area contributed by atoms with E-state index in [1.54, 1.807) is 0 Å². The van der Waals surface area contributed by atoms with E-state index in [-0.39, 0.29) is 50.1 Å². The molecule has 0 bridgehead atoms. The summed E-state index contributed by atoms with van der Waals surface area (Å²) in [5.74, 6) is 0. The Morgan fingerprint density at radius 3 is 2.13 bits per heavy atom. The monoisotopic (exact) mass is 342 g/mol. The summed E-state index contributed by atoms with van der Waals surface area (Å²) in [4.78, 5) is 0.0457. The standard InChI is InChI=1S/C7H6Cl2NO2S.CH3.Y/c1-10-13(11,12)5-2-3-6(8)7(9)4-5;;/h2-4H,1H3;1H3;/q2*-1;. The van der Waals surface area contributed by atoms with Crippen LogP contribution in [0.4, 0.5) is 0 Å². The number of sulfonamides is 1. The second-order valence-electron chi connectivity index (χ2n) is 2.23. The van der Waals surface area contributed by atoms with E-state index in [4.69, 9.17) is 23.2 Å². The summed E-state index contributed by atoms with van der Waals surface area (Å²) < 4.78 is 25.6. The molecule has 15 heavy (non-hydrogen) atoms. The molecule has 0 saturated carbocycles. The van der Waals surface area contributed by atoms with Crippen LogP contribution in [0.15, 0.2) is 23.1 Å². The zero-order valence-electron chi connectivity index (χ0n) is 8.24. The van der Waals surface area contributed by atoms with Crippen LogP contribution in [0, 0.1) is 7.43 Å². The molecule has 7 heteroatoms. The van der Waals surface area contributed by atoms with Crippen LogP contribution in [0.1, 0.15) is 0 Å². The molecule has 0 spiro atoms. The Morgan fingerprint density at radius 1 is 1.20 bits per heavy atom. The van der Waals surface area contributed by atoms with Crippen molar-refractivity contribution < 1.29 is 41.1 Å². The molecule has 0 aliphatic heterocycles. The fourth-order valence-electron chi connectivity index (χ4n) is 0.743. The quantitative estimate of drug-likeness (QED) is 0.775. The van der Waals surface area contributed by atoms with Gasteiger partial charge in [-0.25, -0.2) is 8.42 Å².